The number of rotatable bonds is 4. The Morgan fingerprint density at radius 1 is 1.41 bits per heavy atom. The van der Waals surface area contributed by atoms with Gasteiger partial charge in [0.05, 0.1) is 22.6 Å². The molecule has 1 amide bonds. The van der Waals surface area contributed by atoms with Crippen molar-refractivity contribution in [3.05, 3.63) is 53.3 Å². The first-order valence-corrected chi connectivity index (χ1v) is 7.07. The Morgan fingerprint density at radius 2 is 2.23 bits per heavy atom. The minimum atomic E-state index is -0.401. The van der Waals surface area contributed by atoms with Gasteiger partial charge in [-0.1, -0.05) is 30.7 Å². The first kappa shape index (κ1) is 14.3. The highest BCUT2D eigenvalue weighted by Crippen LogP contribution is 2.20. The van der Waals surface area contributed by atoms with Crippen molar-refractivity contribution in [2.75, 3.05) is 5.32 Å². The molecule has 0 radical (unpaired) electrons. The molecular weight excluding hydrogens is 304 g/mol. The van der Waals surface area contributed by atoms with Gasteiger partial charge in [-0.15, -0.1) is 5.10 Å². The zero-order chi connectivity index (χ0) is 15.5. The molecule has 0 atom stereocenters. The molecule has 3 rings (SSSR count). The SMILES string of the molecule is CCc1nc(C(=O)Nc2cn[nH]c2)nn1-c1ccccc1Cl. The van der Waals surface area contributed by atoms with Gasteiger partial charge in [0.1, 0.15) is 5.82 Å². The van der Waals surface area contributed by atoms with E-state index in [2.05, 4.69) is 25.6 Å². The van der Waals surface area contributed by atoms with Crippen LogP contribution in [0.15, 0.2) is 36.7 Å². The van der Waals surface area contributed by atoms with E-state index in [4.69, 9.17) is 11.6 Å². The summed E-state index contributed by atoms with van der Waals surface area (Å²) in [5.74, 6) is 0.338. The number of hydrogen-bond acceptors (Lipinski definition) is 4. The lowest BCUT2D eigenvalue weighted by Crippen LogP contribution is -2.13. The molecule has 8 heteroatoms. The third-order valence-corrected chi connectivity index (χ3v) is 3.35. The molecule has 3 aromatic rings. The number of aromatic amines is 1. The van der Waals surface area contributed by atoms with Crippen LogP contribution in [0.25, 0.3) is 5.69 Å². The quantitative estimate of drug-likeness (QED) is 0.774. The van der Waals surface area contributed by atoms with E-state index in [9.17, 15) is 4.79 Å². The minimum absolute atomic E-state index is 0.0815. The van der Waals surface area contributed by atoms with E-state index in [0.717, 1.165) is 0 Å². The molecular formula is C14H13ClN6O. The largest absolute Gasteiger partial charge is 0.316 e. The van der Waals surface area contributed by atoms with E-state index >= 15 is 0 Å². The summed E-state index contributed by atoms with van der Waals surface area (Å²) in [7, 11) is 0. The first-order valence-electron chi connectivity index (χ1n) is 6.70. The number of nitrogens with zero attached hydrogens (tertiary/aromatic N) is 4. The smallest absolute Gasteiger partial charge is 0.295 e. The molecule has 7 nitrogen and oxygen atoms in total. The number of aryl methyl sites for hydroxylation is 1. The van der Waals surface area contributed by atoms with Crippen molar-refractivity contribution in [2.24, 2.45) is 0 Å². The van der Waals surface area contributed by atoms with E-state index < -0.39 is 5.91 Å². The molecule has 0 bridgehead atoms. The predicted molar refractivity (Wildman–Crippen MR) is 82.3 cm³/mol. The van der Waals surface area contributed by atoms with Crippen LogP contribution in [0.1, 0.15) is 23.4 Å². The lowest BCUT2D eigenvalue weighted by atomic mass is 10.3. The number of nitrogens with one attached hydrogen (secondary N) is 2. The second kappa shape index (κ2) is 5.98. The summed E-state index contributed by atoms with van der Waals surface area (Å²) in [6, 6.07) is 7.28. The number of amides is 1. The molecule has 0 aliphatic rings. The maximum Gasteiger partial charge on any atom is 0.295 e. The highest BCUT2D eigenvalue weighted by atomic mass is 35.5. The molecule has 2 aromatic heterocycles. The summed E-state index contributed by atoms with van der Waals surface area (Å²) >= 11 is 6.19. The molecule has 0 aliphatic carbocycles. The van der Waals surface area contributed by atoms with Gasteiger partial charge in [0.25, 0.3) is 5.91 Å². The standard InChI is InChI=1S/C14H13ClN6O/c1-2-12-19-13(14(22)18-9-7-16-17-8-9)20-21(12)11-6-4-3-5-10(11)15/h3-8H,2H2,1H3,(H,16,17)(H,18,22). The second-order valence-corrected chi connectivity index (χ2v) is 4.92. The molecule has 0 aliphatic heterocycles. The van der Waals surface area contributed by atoms with Crippen molar-refractivity contribution in [2.45, 2.75) is 13.3 Å². The van der Waals surface area contributed by atoms with Crippen LogP contribution < -0.4 is 5.32 Å². The summed E-state index contributed by atoms with van der Waals surface area (Å²) in [6.07, 6.45) is 3.70. The zero-order valence-electron chi connectivity index (χ0n) is 11.7. The number of carbonyl (C=O) groups is 1. The monoisotopic (exact) mass is 316 g/mol. The van der Waals surface area contributed by atoms with Gasteiger partial charge in [-0.3, -0.25) is 9.89 Å². The Bertz CT molecular complexity index is 796. The molecule has 2 heterocycles. The van der Waals surface area contributed by atoms with E-state index in [1.807, 2.05) is 25.1 Å². The highest BCUT2D eigenvalue weighted by Gasteiger charge is 2.18. The van der Waals surface area contributed by atoms with Gasteiger partial charge >= 0.3 is 0 Å². The predicted octanol–water partition coefficient (Wildman–Crippen LogP) is 2.46. The number of H-pyrrole nitrogens is 1. The number of hydrogen-bond donors (Lipinski definition) is 2. The number of benzene rings is 1. The first-order chi connectivity index (χ1) is 10.7. The lowest BCUT2D eigenvalue weighted by Gasteiger charge is -2.05. The summed E-state index contributed by atoms with van der Waals surface area (Å²) in [4.78, 5) is 16.5. The van der Waals surface area contributed by atoms with Crippen molar-refractivity contribution in [1.29, 1.82) is 0 Å². The average molecular weight is 317 g/mol. The molecule has 1 aromatic carbocycles. The lowest BCUT2D eigenvalue weighted by molar-refractivity contribution is 0.101. The summed E-state index contributed by atoms with van der Waals surface area (Å²) in [5, 5.41) is 13.9. The zero-order valence-corrected chi connectivity index (χ0v) is 12.5. The van der Waals surface area contributed by atoms with Crippen LogP contribution in [-0.4, -0.2) is 30.9 Å². The number of aromatic nitrogens is 5. The minimum Gasteiger partial charge on any atom is -0.316 e. The fraction of sp³-hybridized carbons (Fsp3) is 0.143. The maximum atomic E-state index is 12.2. The van der Waals surface area contributed by atoms with Crippen LogP contribution in [0.5, 0.6) is 0 Å². The summed E-state index contributed by atoms with van der Waals surface area (Å²) in [6.45, 7) is 1.94. The van der Waals surface area contributed by atoms with E-state index in [-0.39, 0.29) is 5.82 Å². The van der Waals surface area contributed by atoms with Gasteiger partial charge in [-0.2, -0.15) is 5.10 Å². The molecule has 0 saturated heterocycles. The number of halogens is 1. The van der Waals surface area contributed by atoms with Crippen LogP contribution in [0.3, 0.4) is 0 Å². The van der Waals surface area contributed by atoms with Gasteiger partial charge in [0.2, 0.25) is 5.82 Å². The van der Waals surface area contributed by atoms with Gasteiger partial charge in [0, 0.05) is 12.6 Å². The van der Waals surface area contributed by atoms with Gasteiger partial charge in [-0.05, 0) is 12.1 Å². The third-order valence-electron chi connectivity index (χ3n) is 3.03. The van der Waals surface area contributed by atoms with Gasteiger partial charge in [-0.25, -0.2) is 9.67 Å². The van der Waals surface area contributed by atoms with E-state index in [0.29, 0.717) is 28.6 Å². The van der Waals surface area contributed by atoms with Gasteiger partial charge in [0.15, 0.2) is 0 Å². The van der Waals surface area contributed by atoms with Crippen molar-refractivity contribution < 1.29 is 4.79 Å². The Kier molecular flexibility index (Phi) is 3.88. The fourth-order valence-corrected chi connectivity index (χ4v) is 2.21. The summed E-state index contributed by atoms with van der Waals surface area (Å²) in [5.41, 5.74) is 1.24. The molecule has 22 heavy (non-hydrogen) atoms. The molecule has 0 fully saturated rings. The van der Waals surface area contributed by atoms with Gasteiger partial charge < -0.3 is 5.32 Å². The van der Waals surface area contributed by atoms with Crippen LogP contribution in [-0.2, 0) is 6.42 Å². The number of anilines is 1. The third kappa shape index (κ3) is 2.71. The van der Waals surface area contributed by atoms with Crippen molar-refractivity contribution in [1.82, 2.24) is 25.0 Å². The Balaban J connectivity index is 1.95. The number of carbonyl (C=O) groups excluding carboxylic acids is 1. The molecule has 0 unspecified atom stereocenters. The van der Waals surface area contributed by atoms with Crippen molar-refractivity contribution in [3.8, 4) is 5.69 Å². The Hall–Kier alpha value is -2.67. The van der Waals surface area contributed by atoms with Crippen molar-refractivity contribution >= 4 is 23.2 Å². The number of para-hydroxylation sites is 1. The van der Waals surface area contributed by atoms with Crippen LogP contribution in [0, 0.1) is 0 Å². The second-order valence-electron chi connectivity index (χ2n) is 4.51. The molecule has 0 saturated carbocycles. The Labute approximate surface area is 131 Å². The topological polar surface area (TPSA) is 88.5 Å². The van der Waals surface area contributed by atoms with E-state index in [1.54, 1.807) is 16.9 Å². The van der Waals surface area contributed by atoms with Crippen LogP contribution in [0.4, 0.5) is 5.69 Å². The normalized spacial score (nSPS) is 10.6. The average Bonchev–Trinajstić information content (AvgIpc) is 3.16. The fourth-order valence-electron chi connectivity index (χ4n) is 1.99. The highest BCUT2D eigenvalue weighted by molar-refractivity contribution is 6.32. The Morgan fingerprint density at radius 3 is 2.91 bits per heavy atom. The molecule has 112 valence electrons. The van der Waals surface area contributed by atoms with Crippen molar-refractivity contribution in [3.63, 3.8) is 0 Å². The van der Waals surface area contributed by atoms with E-state index in [1.165, 1.54) is 6.20 Å². The molecule has 0 spiro atoms. The van der Waals surface area contributed by atoms with Crippen LogP contribution in [0.2, 0.25) is 5.02 Å². The summed E-state index contributed by atoms with van der Waals surface area (Å²) < 4.78 is 1.59. The maximum absolute atomic E-state index is 12.2. The van der Waals surface area contributed by atoms with Crippen LogP contribution >= 0.6 is 11.6 Å². The molecule has 2 N–H and O–H groups in total.